The largest absolute Gasteiger partial charge is 0.207 e. The summed E-state index contributed by atoms with van der Waals surface area (Å²) in [5, 5.41) is 3.42. The van der Waals surface area contributed by atoms with Crippen LogP contribution in [0.5, 0.6) is 0 Å². The molecule has 17 heavy (non-hydrogen) atoms. The van der Waals surface area contributed by atoms with E-state index >= 15 is 0 Å². The Balaban J connectivity index is 1.99. The summed E-state index contributed by atoms with van der Waals surface area (Å²) in [6.07, 6.45) is 0.856. The van der Waals surface area contributed by atoms with Gasteiger partial charge in [0.2, 0.25) is 0 Å². The van der Waals surface area contributed by atoms with Crippen molar-refractivity contribution in [2.45, 2.75) is 6.42 Å². The van der Waals surface area contributed by atoms with Crippen molar-refractivity contribution in [2.75, 3.05) is 0 Å². The number of fused-ring (bicyclic) bond motifs is 1. The van der Waals surface area contributed by atoms with Crippen LogP contribution in [0.4, 0.5) is 4.39 Å². The lowest BCUT2D eigenvalue weighted by Gasteiger charge is -2.03. The Morgan fingerprint density at radius 2 is 1.76 bits per heavy atom. The van der Waals surface area contributed by atoms with Gasteiger partial charge in [0.05, 0.1) is 0 Å². The van der Waals surface area contributed by atoms with Gasteiger partial charge in [0, 0.05) is 4.70 Å². The molecule has 0 saturated heterocycles. The van der Waals surface area contributed by atoms with Crippen LogP contribution >= 0.6 is 11.3 Å². The molecule has 3 aromatic rings. The van der Waals surface area contributed by atoms with Gasteiger partial charge in [0.15, 0.2) is 0 Å². The van der Waals surface area contributed by atoms with E-state index in [0.29, 0.717) is 0 Å². The zero-order valence-corrected chi connectivity index (χ0v) is 10.0. The fraction of sp³-hybridized carbons (Fsp3) is 0.0667. The van der Waals surface area contributed by atoms with Crippen LogP contribution < -0.4 is 0 Å². The molecule has 0 unspecified atom stereocenters. The number of hydrogen-bond acceptors (Lipinski definition) is 1. The minimum Gasteiger partial charge on any atom is -0.207 e. The highest BCUT2D eigenvalue weighted by atomic mass is 32.1. The van der Waals surface area contributed by atoms with Crippen molar-refractivity contribution in [1.29, 1.82) is 0 Å². The maximum Gasteiger partial charge on any atom is 0.123 e. The van der Waals surface area contributed by atoms with Crippen molar-refractivity contribution >= 4 is 21.4 Å². The zero-order chi connectivity index (χ0) is 11.7. The molecule has 0 nitrogen and oxygen atoms in total. The molecule has 1 aromatic heterocycles. The molecule has 0 fully saturated rings. The highest BCUT2D eigenvalue weighted by molar-refractivity contribution is 7.17. The normalized spacial score (nSPS) is 10.9. The average Bonchev–Trinajstić information content (AvgIpc) is 2.81. The minimum atomic E-state index is -0.178. The standard InChI is InChI=1S/C15H11FS/c16-13-6-4-11(5-7-13)10-12-2-1-3-15-14(12)8-9-17-15/h1-9H,10H2. The molecule has 0 aliphatic carbocycles. The van der Waals surface area contributed by atoms with Crippen LogP contribution in [0.15, 0.2) is 53.9 Å². The maximum atomic E-state index is 12.8. The summed E-state index contributed by atoms with van der Waals surface area (Å²) >= 11 is 1.75. The molecule has 0 aliphatic rings. The Morgan fingerprint density at radius 1 is 0.941 bits per heavy atom. The van der Waals surface area contributed by atoms with Crippen molar-refractivity contribution in [3.05, 3.63) is 70.9 Å². The number of thiophene rings is 1. The fourth-order valence-corrected chi connectivity index (χ4v) is 2.87. The van der Waals surface area contributed by atoms with E-state index in [1.807, 2.05) is 12.1 Å². The van der Waals surface area contributed by atoms with Crippen LogP contribution in [-0.2, 0) is 6.42 Å². The van der Waals surface area contributed by atoms with Crippen LogP contribution in [0.1, 0.15) is 11.1 Å². The van der Waals surface area contributed by atoms with E-state index in [4.69, 9.17) is 0 Å². The molecule has 3 rings (SSSR count). The van der Waals surface area contributed by atoms with Gasteiger partial charge in [-0.1, -0.05) is 24.3 Å². The van der Waals surface area contributed by atoms with Crippen LogP contribution in [0.2, 0.25) is 0 Å². The summed E-state index contributed by atoms with van der Waals surface area (Å²) in [7, 11) is 0. The van der Waals surface area contributed by atoms with Crippen molar-refractivity contribution in [1.82, 2.24) is 0 Å². The molecule has 0 aliphatic heterocycles. The van der Waals surface area contributed by atoms with Gasteiger partial charge in [-0.05, 0) is 52.6 Å². The monoisotopic (exact) mass is 242 g/mol. The van der Waals surface area contributed by atoms with Crippen molar-refractivity contribution in [3.8, 4) is 0 Å². The number of rotatable bonds is 2. The van der Waals surface area contributed by atoms with Crippen molar-refractivity contribution in [3.63, 3.8) is 0 Å². The van der Waals surface area contributed by atoms with E-state index in [0.717, 1.165) is 12.0 Å². The third-order valence-corrected chi connectivity index (χ3v) is 3.78. The topological polar surface area (TPSA) is 0 Å². The molecular weight excluding hydrogens is 231 g/mol. The number of halogens is 1. The fourth-order valence-electron chi connectivity index (χ4n) is 2.03. The lowest BCUT2D eigenvalue weighted by Crippen LogP contribution is -1.88. The zero-order valence-electron chi connectivity index (χ0n) is 9.19. The summed E-state index contributed by atoms with van der Waals surface area (Å²) in [6, 6.07) is 15.2. The van der Waals surface area contributed by atoms with E-state index in [9.17, 15) is 4.39 Å². The Hall–Kier alpha value is -1.67. The third-order valence-electron chi connectivity index (χ3n) is 2.89. The predicted molar refractivity (Wildman–Crippen MR) is 71.0 cm³/mol. The lowest BCUT2D eigenvalue weighted by atomic mass is 10.0. The first-order chi connectivity index (χ1) is 8.33. The molecule has 0 saturated carbocycles. The second-order valence-corrected chi connectivity index (χ2v) is 5.00. The summed E-state index contributed by atoms with van der Waals surface area (Å²) in [5.41, 5.74) is 2.44. The molecule has 0 atom stereocenters. The first-order valence-corrected chi connectivity index (χ1v) is 6.40. The Morgan fingerprint density at radius 3 is 2.59 bits per heavy atom. The first-order valence-electron chi connectivity index (χ1n) is 5.52. The molecule has 0 bridgehead atoms. The van der Waals surface area contributed by atoms with Crippen molar-refractivity contribution in [2.24, 2.45) is 0 Å². The lowest BCUT2D eigenvalue weighted by molar-refractivity contribution is 0.627. The van der Waals surface area contributed by atoms with Gasteiger partial charge < -0.3 is 0 Å². The Labute approximate surface area is 103 Å². The van der Waals surface area contributed by atoms with Gasteiger partial charge >= 0.3 is 0 Å². The molecule has 84 valence electrons. The molecule has 0 radical (unpaired) electrons. The van der Waals surface area contributed by atoms with Gasteiger partial charge in [-0.2, -0.15) is 0 Å². The molecular formula is C15H11FS. The molecule has 2 aromatic carbocycles. The maximum absolute atomic E-state index is 12.8. The highest BCUT2D eigenvalue weighted by Crippen LogP contribution is 2.25. The van der Waals surface area contributed by atoms with Crippen LogP contribution in [0, 0.1) is 5.82 Å². The summed E-state index contributed by atoms with van der Waals surface area (Å²) in [5.74, 6) is -0.178. The second-order valence-electron chi connectivity index (χ2n) is 4.05. The second kappa shape index (κ2) is 4.30. The average molecular weight is 242 g/mol. The van der Waals surface area contributed by atoms with Gasteiger partial charge in [0.25, 0.3) is 0 Å². The molecule has 0 amide bonds. The van der Waals surface area contributed by atoms with Gasteiger partial charge in [0.1, 0.15) is 5.82 Å². The Kier molecular flexibility index (Phi) is 2.65. The van der Waals surface area contributed by atoms with Gasteiger partial charge in [-0.15, -0.1) is 11.3 Å². The molecule has 0 N–H and O–H groups in total. The van der Waals surface area contributed by atoms with Crippen LogP contribution in [-0.4, -0.2) is 0 Å². The van der Waals surface area contributed by atoms with Gasteiger partial charge in [-0.25, -0.2) is 4.39 Å². The quantitative estimate of drug-likeness (QED) is 0.614. The smallest absolute Gasteiger partial charge is 0.123 e. The van der Waals surface area contributed by atoms with Gasteiger partial charge in [-0.3, -0.25) is 0 Å². The number of hydrogen-bond donors (Lipinski definition) is 0. The molecule has 0 spiro atoms. The third kappa shape index (κ3) is 2.08. The van der Waals surface area contributed by atoms with E-state index in [1.165, 1.54) is 27.8 Å². The van der Waals surface area contributed by atoms with E-state index in [1.54, 1.807) is 11.3 Å². The summed E-state index contributed by atoms with van der Waals surface area (Å²) in [6.45, 7) is 0. The summed E-state index contributed by atoms with van der Waals surface area (Å²) < 4.78 is 14.1. The minimum absolute atomic E-state index is 0.178. The van der Waals surface area contributed by atoms with E-state index in [-0.39, 0.29) is 5.82 Å². The molecule has 2 heteroatoms. The van der Waals surface area contributed by atoms with Crippen LogP contribution in [0.25, 0.3) is 10.1 Å². The van der Waals surface area contributed by atoms with E-state index < -0.39 is 0 Å². The summed E-state index contributed by atoms with van der Waals surface area (Å²) in [4.78, 5) is 0. The highest BCUT2D eigenvalue weighted by Gasteiger charge is 2.03. The van der Waals surface area contributed by atoms with E-state index in [2.05, 4.69) is 29.6 Å². The SMILES string of the molecule is Fc1ccc(Cc2cccc3sccc23)cc1. The van der Waals surface area contributed by atoms with Crippen LogP contribution in [0.3, 0.4) is 0 Å². The van der Waals surface area contributed by atoms with Crippen molar-refractivity contribution < 1.29 is 4.39 Å². The Bertz CT molecular complexity index is 637. The number of benzene rings is 2. The first kappa shape index (κ1) is 10.5. The predicted octanol–water partition coefficient (Wildman–Crippen LogP) is 4.63. The molecule has 1 heterocycles.